The fourth-order valence-electron chi connectivity index (χ4n) is 3.53. The van der Waals surface area contributed by atoms with Crippen molar-refractivity contribution >= 4 is 17.2 Å². The maximum Gasteiger partial charge on any atom is 0.248 e. The van der Waals surface area contributed by atoms with Crippen LogP contribution in [0.4, 0.5) is 5.69 Å². The van der Waals surface area contributed by atoms with Crippen molar-refractivity contribution in [3.05, 3.63) is 71.3 Å². The van der Waals surface area contributed by atoms with Gasteiger partial charge in [-0.15, -0.1) is 0 Å². The van der Waals surface area contributed by atoms with E-state index in [4.69, 9.17) is 5.73 Å². The lowest BCUT2D eigenvalue weighted by atomic mass is 9.85. The first-order valence-corrected chi connectivity index (χ1v) is 9.88. The van der Waals surface area contributed by atoms with E-state index < -0.39 is 5.91 Å². The first kappa shape index (κ1) is 20.8. The largest absolute Gasteiger partial charge is 0.381 e. The number of allylic oxidation sites excluding steroid dienone is 1. The lowest BCUT2D eigenvalue weighted by Gasteiger charge is -2.21. The van der Waals surface area contributed by atoms with Crippen molar-refractivity contribution in [2.45, 2.75) is 53.0 Å². The standard InChI is InChI=1S/C24H32N2O/c1-5-8-20(9-6-2)18(4)23-15-22(13-12-17(23)3)26-16-19-10-7-11-21(14-19)24(25)27/h7,10-15,20,26H,4-6,8-9,16H2,1-3H3,(H2,25,27). The topological polar surface area (TPSA) is 55.1 Å². The van der Waals surface area contributed by atoms with Crippen LogP contribution in [-0.2, 0) is 6.54 Å². The van der Waals surface area contributed by atoms with Gasteiger partial charge < -0.3 is 11.1 Å². The van der Waals surface area contributed by atoms with Crippen LogP contribution >= 0.6 is 0 Å². The Morgan fingerprint density at radius 3 is 2.44 bits per heavy atom. The Morgan fingerprint density at radius 1 is 1.11 bits per heavy atom. The molecule has 0 bridgehead atoms. The minimum atomic E-state index is -0.399. The zero-order valence-electron chi connectivity index (χ0n) is 16.8. The van der Waals surface area contributed by atoms with E-state index in [9.17, 15) is 4.79 Å². The SMILES string of the molecule is C=C(c1cc(NCc2cccc(C(N)=O)c2)ccc1C)C(CCC)CCC. The molecule has 0 aliphatic rings. The van der Waals surface area contributed by atoms with Crippen molar-refractivity contribution in [1.82, 2.24) is 0 Å². The predicted molar refractivity (Wildman–Crippen MR) is 116 cm³/mol. The number of hydrogen-bond donors (Lipinski definition) is 2. The van der Waals surface area contributed by atoms with E-state index in [1.165, 1.54) is 42.4 Å². The van der Waals surface area contributed by atoms with Gasteiger partial charge in [-0.2, -0.15) is 0 Å². The Balaban J connectivity index is 2.15. The molecule has 0 unspecified atom stereocenters. The van der Waals surface area contributed by atoms with Crippen molar-refractivity contribution in [2.75, 3.05) is 5.32 Å². The Kier molecular flexibility index (Phi) is 7.66. The maximum absolute atomic E-state index is 11.3. The molecule has 1 amide bonds. The minimum Gasteiger partial charge on any atom is -0.381 e. The third-order valence-electron chi connectivity index (χ3n) is 5.06. The molecule has 0 spiro atoms. The highest BCUT2D eigenvalue weighted by atomic mass is 16.1. The van der Waals surface area contributed by atoms with E-state index in [2.05, 4.69) is 50.9 Å². The number of hydrogen-bond acceptors (Lipinski definition) is 2. The molecule has 0 atom stereocenters. The van der Waals surface area contributed by atoms with Crippen LogP contribution in [-0.4, -0.2) is 5.91 Å². The number of rotatable bonds is 10. The highest BCUT2D eigenvalue weighted by Crippen LogP contribution is 2.32. The van der Waals surface area contributed by atoms with Crippen LogP contribution in [0.5, 0.6) is 0 Å². The summed E-state index contributed by atoms with van der Waals surface area (Å²) in [5.74, 6) is 0.143. The van der Waals surface area contributed by atoms with Gasteiger partial charge in [-0.3, -0.25) is 4.79 Å². The summed E-state index contributed by atoms with van der Waals surface area (Å²) in [6.07, 6.45) is 4.72. The van der Waals surface area contributed by atoms with Gasteiger partial charge in [0.2, 0.25) is 5.91 Å². The monoisotopic (exact) mass is 364 g/mol. The molecule has 0 saturated carbocycles. The summed E-state index contributed by atoms with van der Waals surface area (Å²) in [6, 6.07) is 13.9. The zero-order valence-corrected chi connectivity index (χ0v) is 16.8. The molecular weight excluding hydrogens is 332 g/mol. The molecule has 3 heteroatoms. The van der Waals surface area contributed by atoms with Crippen molar-refractivity contribution in [1.29, 1.82) is 0 Å². The number of anilines is 1. The summed E-state index contributed by atoms with van der Waals surface area (Å²) in [5.41, 5.74) is 11.8. The normalized spacial score (nSPS) is 10.8. The number of amides is 1. The van der Waals surface area contributed by atoms with Crippen LogP contribution in [0.15, 0.2) is 49.0 Å². The summed E-state index contributed by atoms with van der Waals surface area (Å²) in [6.45, 7) is 11.7. The van der Waals surface area contributed by atoms with Gasteiger partial charge in [-0.05, 0) is 72.2 Å². The number of carbonyl (C=O) groups excluding carboxylic acids is 1. The summed E-state index contributed by atoms with van der Waals surface area (Å²) in [5, 5.41) is 3.46. The van der Waals surface area contributed by atoms with Crippen LogP contribution in [0.25, 0.3) is 5.57 Å². The van der Waals surface area contributed by atoms with Crippen molar-refractivity contribution in [2.24, 2.45) is 11.7 Å². The molecular formula is C24H32N2O. The fraction of sp³-hybridized carbons (Fsp3) is 0.375. The Bertz CT molecular complexity index is 789. The van der Waals surface area contributed by atoms with Gasteiger partial charge in [0, 0.05) is 17.8 Å². The van der Waals surface area contributed by atoms with E-state index in [0.29, 0.717) is 18.0 Å². The lowest BCUT2D eigenvalue weighted by molar-refractivity contribution is 0.1000. The van der Waals surface area contributed by atoms with Gasteiger partial charge in [-0.1, -0.05) is 51.5 Å². The molecule has 0 aliphatic carbocycles. The van der Waals surface area contributed by atoms with Gasteiger partial charge in [0.05, 0.1) is 0 Å². The number of nitrogens with two attached hydrogens (primary N) is 1. The second-order valence-electron chi connectivity index (χ2n) is 7.25. The molecule has 0 heterocycles. The molecule has 0 radical (unpaired) electrons. The Labute approximate surface area is 163 Å². The molecule has 2 aromatic carbocycles. The zero-order chi connectivity index (χ0) is 19.8. The van der Waals surface area contributed by atoms with Crippen molar-refractivity contribution in [3.63, 3.8) is 0 Å². The molecule has 27 heavy (non-hydrogen) atoms. The van der Waals surface area contributed by atoms with E-state index in [1.54, 1.807) is 6.07 Å². The lowest BCUT2D eigenvalue weighted by Crippen LogP contribution is -2.11. The quantitative estimate of drug-likeness (QED) is 0.548. The average Bonchev–Trinajstić information content (AvgIpc) is 2.67. The predicted octanol–water partition coefficient (Wildman–Crippen LogP) is 5.94. The summed E-state index contributed by atoms with van der Waals surface area (Å²) in [7, 11) is 0. The van der Waals surface area contributed by atoms with Gasteiger partial charge in [-0.25, -0.2) is 0 Å². The summed E-state index contributed by atoms with van der Waals surface area (Å²) >= 11 is 0. The van der Waals surface area contributed by atoms with Gasteiger partial charge in [0.1, 0.15) is 0 Å². The van der Waals surface area contributed by atoms with Crippen LogP contribution in [0, 0.1) is 12.8 Å². The molecule has 0 fully saturated rings. The highest BCUT2D eigenvalue weighted by molar-refractivity contribution is 5.92. The van der Waals surface area contributed by atoms with Gasteiger partial charge in [0.25, 0.3) is 0 Å². The Hall–Kier alpha value is -2.55. The van der Waals surface area contributed by atoms with Gasteiger partial charge >= 0.3 is 0 Å². The third kappa shape index (κ3) is 5.72. The van der Waals surface area contributed by atoms with Crippen molar-refractivity contribution < 1.29 is 4.79 Å². The van der Waals surface area contributed by atoms with Crippen LogP contribution in [0.3, 0.4) is 0 Å². The maximum atomic E-state index is 11.3. The van der Waals surface area contributed by atoms with Crippen LogP contribution in [0.2, 0.25) is 0 Å². The minimum absolute atomic E-state index is 0.399. The highest BCUT2D eigenvalue weighted by Gasteiger charge is 2.15. The van der Waals surface area contributed by atoms with E-state index >= 15 is 0 Å². The van der Waals surface area contributed by atoms with Crippen LogP contribution < -0.4 is 11.1 Å². The number of primary amides is 1. The second kappa shape index (κ2) is 9.96. The molecule has 2 aromatic rings. The molecule has 2 rings (SSSR count). The van der Waals surface area contributed by atoms with E-state index in [-0.39, 0.29) is 0 Å². The summed E-state index contributed by atoms with van der Waals surface area (Å²) in [4.78, 5) is 11.3. The van der Waals surface area contributed by atoms with Crippen LogP contribution in [0.1, 0.15) is 66.6 Å². The average molecular weight is 365 g/mol. The van der Waals surface area contributed by atoms with Crippen molar-refractivity contribution in [3.8, 4) is 0 Å². The first-order valence-electron chi connectivity index (χ1n) is 9.88. The van der Waals surface area contributed by atoms with Gasteiger partial charge in [0.15, 0.2) is 0 Å². The molecule has 0 saturated heterocycles. The Morgan fingerprint density at radius 2 is 1.81 bits per heavy atom. The van der Waals surface area contributed by atoms with E-state index in [0.717, 1.165) is 11.3 Å². The molecule has 0 aliphatic heterocycles. The number of aryl methyl sites for hydroxylation is 1. The smallest absolute Gasteiger partial charge is 0.248 e. The summed E-state index contributed by atoms with van der Waals surface area (Å²) < 4.78 is 0. The number of benzene rings is 2. The fourth-order valence-corrected chi connectivity index (χ4v) is 3.53. The number of nitrogens with one attached hydrogen (secondary N) is 1. The first-order chi connectivity index (χ1) is 13.0. The third-order valence-corrected chi connectivity index (χ3v) is 5.06. The molecule has 3 nitrogen and oxygen atoms in total. The molecule has 3 N–H and O–H groups in total. The van der Waals surface area contributed by atoms with E-state index in [1.807, 2.05) is 18.2 Å². The number of carbonyl (C=O) groups is 1. The molecule has 0 aromatic heterocycles. The molecule has 144 valence electrons. The second-order valence-corrected chi connectivity index (χ2v) is 7.25.